The maximum Gasteiger partial charge on any atom is 0.330 e. The van der Waals surface area contributed by atoms with Crippen molar-refractivity contribution in [2.24, 2.45) is 0 Å². The number of aromatic nitrogens is 2. The van der Waals surface area contributed by atoms with Crippen molar-refractivity contribution in [3.63, 3.8) is 0 Å². The largest absolute Gasteiger partial charge is 0.484 e. The molecule has 0 aliphatic carbocycles. The zero-order valence-electron chi connectivity index (χ0n) is 17.7. The van der Waals surface area contributed by atoms with E-state index in [-0.39, 0.29) is 36.2 Å². The number of nitrogens with zero attached hydrogens (tertiary/aromatic N) is 2. The van der Waals surface area contributed by atoms with E-state index in [1.165, 1.54) is 23.8 Å². The minimum atomic E-state index is -0.791. The van der Waals surface area contributed by atoms with Crippen molar-refractivity contribution in [1.82, 2.24) is 9.55 Å². The van der Waals surface area contributed by atoms with Crippen LogP contribution in [0.2, 0.25) is 10.0 Å². The molecule has 0 saturated carbocycles. The molecule has 0 radical (unpaired) electrons. The Morgan fingerprint density at radius 1 is 1.12 bits per heavy atom. The first-order valence-electron chi connectivity index (χ1n) is 9.85. The average molecular weight is 493 g/mol. The number of aromatic amines is 1. The van der Waals surface area contributed by atoms with E-state index >= 15 is 0 Å². The lowest BCUT2D eigenvalue weighted by Gasteiger charge is -2.24. The monoisotopic (exact) mass is 492 g/mol. The van der Waals surface area contributed by atoms with Crippen LogP contribution in [0.15, 0.2) is 58.1 Å². The van der Waals surface area contributed by atoms with Gasteiger partial charge in [0.1, 0.15) is 11.6 Å². The third-order valence-corrected chi connectivity index (χ3v) is 5.48. The predicted octanol–water partition coefficient (Wildman–Crippen LogP) is 2.53. The molecule has 1 amide bonds. The molecule has 0 fully saturated rings. The number of benzene rings is 2. The zero-order chi connectivity index (χ0) is 24.0. The van der Waals surface area contributed by atoms with Gasteiger partial charge in [0.25, 0.3) is 11.5 Å². The number of ether oxygens (including phenoxy) is 2. The fraction of sp³-hybridized carbons (Fsp3) is 0.227. The molecule has 0 atom stereocenters. The van der Waals surface area contributed by atoms with Crippen LogP contribution in [0, 0.1) is 0 Å². The number of methoxy groups -OCH3 is 1. The van der Waals surface area contributed by atoms with E-state index in [9.17, 15) is 14.4 Å². The summed E-state index contributed by atoms with van der Waals surface area (Å²) >= 11 is 11.9. The first kappa shape index (κ1) is 24.4. The second-order valence-electron chi connectivity index (χ2n) is 6.97. The molecule has 3 aromatic rings. The molecule has 0 aliphatic rings. The first-order valence-corrected chi connectivity index (χ1v) is 10.6. The number of amides is 1. The summed E-state index contributed by atoms with van der Waals surface area (Å²) < 4.78 is 11.8. The van der Waals surface area contributed by atoms with Crippen molar-refractivity contribution in [3.05, 3.63) is 85.0 Å². The molecule has 3 N–H and O–H groups in total. The fourth-order valence-electron chi connectivity index (χ4n) is 3.09. The van der Waals surface area contributed by atoms with Gasteiger partial charge < -0.3 is 15.2 Å². The summed E-state index contributed by atoms with van der Waals surface area (Å²) in [5.41, 5.74) is 5.38. The van der Waals surface area contributed by atoms with Crippen LogP contribution in [0.4, 0.5) is 11.5 Å². The molecule has 0 aliphatic heterocycles. The van der Waals surface area contributed by atoms with Crippen LogP contribution < -0.4 is 26.6 Å². The second kappa shape index (κ2) is 11.0. The average Bonchev–Trinajstić information content (AvgIpc) is 2.80. The van der Waals surface area contributed by atoms with Crippen LogP contribution in [-0.2, 0) is 16.1 Å². The minimum Gasteiger partial charge on any atom is -0.484 e. The molecule has 2 aromatic carbocycles. The number of nitrogen functional groups attached to an aromatic ring is 1. The van der Waals surface area contributed by atoms with E-state index in [1.807, 2.05) is 30.3 Å². The van der Waals surface area contributed by atoms with Gasteiger partial charge in [-0.1, -0.05) is 53.5 Å². The highest BCUT2D eigenvalue weighted by Gasteiger charge is 2.24. The number of rotatable bonds is 9. The topological polar surface area (TPSA) is 120 Å². The van der Waals surface area contributed by atoms with E-state index in [0.29, 0.717) is 10.8 Å². The molecule has 1 heterocycles. The molecule has 0 spiro atoms. The van der Waals surface area contributed by atoms with Crippen molar-refractivity contribution >= 4 is 40.6 Å². The van der Waals surface area contributed by atoms with Gasteiger partial charge >= 0.3 is 5.69 Å². The zero-order valence-corrected chi connectivity index (χ0v) is 19.2. The summed E-state index contributed by atoms with van der Waals surface area (Å²) in [7, 11) is 1.46. The van der Waals surface area contributed by atoms with Crippen molar-refractivity contribution in [3.8, 4) is 5.75 Å². The van der Waals surface area contributed by atoms with Crippen LogP contribution in [0.25, 0.3) is 0 Å². The Balaban J connectivity index is 1.92. The summed E-state index contributed by atoms with van der Waals surface area (Å²) in [5, 5.41) is 0.614. The predicted molar refractivity (Wildman–Crippen MR) is 127 cm³/mol. The summed E-state index contributed by atoms with van der Waals surface area (Å²) in [6.07, 6.45) is 0. The quantitative estimate of drug-likeness (QED) is 0.473. The van der Waals surface area contributed by atoms with E-state index in [1.54, 1.807) is 6.07 Å². The summed E-state index contributed by atoms with van der Waals surface area (Å²) in [6, 6.07) is 13.7. The number of halogens is 2. The van der Waals surface area contributed by atoms with Crippen LogP contribution in [0.1, 0.15) is 5.56 Å². The maximum absolute atomic E-state index is 13.0. The van der Waals surface area contributed by atoms with Crippen LogP contribution in [0.5, 0.6) is 5.75 Å². The number of nitrogens with two attached hydrogens (primary N) is 1. The molecule has 1 aromatic heterocycles. The lowest BCUT2D eigenvalue weighted by molar-refractivity contribution is -0.120. The highest BCUT2D eigenvalue weighted by Crippen LogP contribution is 2.26. The Kier molecular flexibility index (Phi) is 8.16. The van der Waals surface area contributed by atoms with Crippen molar-refractivity contribution in [2.45, 2.75) is 6.54 Å². The Hall–Kier alpha value is -3.27. The molecule has 174 valence electrons. The molecule has 0 saturated heterocycles. The van der Waals surface area contributed by atoms with E-state index in [0.717, 1.165) is 10.5 Å². The molecule has 11 heteroatoms. The van der Waals surface area contributed by atoms with Gasteiger partial charge in [-0.05, 0) is 17.7 Å². The van der Waals surface area contributed by atoms with E-state index in [4.69, 9.17) is 38.4 Å². The third kappa shape index (κ3) is 5.95. The van der Waals surface area contributed by atoms with Gasteiger partial charge in [0.15, 0.2) is 12.3 Å². The third-order valence-electron chi connectivity index (χ3n) is 4.74. The number of hydrogen-bond acceptors (Lipinski definition) is 6. The number of hydrogen-bond donors (Lipinski definition) is 2. The highest BCUT2D eigenvalue weighted by molar-refractivity contribution is 6.42. The number of nitrogens with one attached hydrogen (secondary N) is 1. The van der Waals surface area contributed by atoms with Crippen molar-refractivity contribution in [1.29, 1.82) is 0 Å². The smallest absolute Gasteiger partial charge is 0.330 e. The number of H-pyrrole nitrogens is 1. The Morgan fingerprint density at radius 3 is 2.52 bits per heavy atom. The van der Waals surface area contributed by atoms with Crippen LogP contribution in [0.3, 0.4) is 0 Å². The van der Waals surface area contributed by atoms with Crippen molar-refractivity contribution < 1.29 is 14.3 Å². The molecule has 3 rings (SSSR count). The lowest BCUT2D eigenvalue weighted by atomic mass is 10.2. The standard InChI is InChI=1S/C22H22Cl2N4O5/c1-32-10-9-27(18(29)13-33-15-7-8-16(23)17(24)11-15)19-20(25)28(22(31)26-21(19)30)12-14-5-3-2-4-6-14/h2-8,11H,9-10,12-13,25H2,1H3,(H,26,30,31). The SMILES string of the molecule is COCCN(C(=O)COc1ccc(Cl)c(Cl)c1)c1c(N)n(Cc2ccccc2)c(=O)[nH]c1=O. The summed E-state index contributed by atoms with van der Waals surface area (Å²) in [5.74, 6) is -0.396. The van der Waals surface area contributed by atoms with Gasteiger partial charge in [-0.2, -0.15) is 0 Å². The van der Waals surface area contributed by atoms with Gasteiger partial charge in [-0.15, -0.1) is 0 Å². The first-order chi connectivity index (χ1) is 15.8. The van der Waals surface area contributed by atoms with E-state index < -0.39 is 23.8 Å². The van der Waals surface area contributed by atoms with Gasteiger partial charge in [0, 0.05) is 19.7 Å². The number of anilines is 2. The molecule has 0 unspecified atom stereocenters. The Labute approximate surface area is 199 Å². The van der Waals surface area contributed by atoms with Crippen LogP contribution >= 0.6 is 23.2 Å². The molecule has 33 heavy (non-hydrogen) atoms. The lowest BCUT2D eigenvalue weighted by Crippen LogP contribution is -2.44. The fourth-order valence-corrected chi connectivity index (χ4v) is 3.38. The number of carbonyl (C=O) groups excluding carboxylic acids is 1. The molecular formula is C22H22Cl2N4O5. The second-order valence-corrected chi connectivity index (χ2v) is 7.78. The molecule has 9 nitrogen and oxygen atoms in total. The Morgan fingerprint density at radius 2 is 1.85 bits per heavy atom. The summed E-state index contributed by atoms with van der Waals surface area (Å²) in [4.78, 5) is 41.5. The maximum atomic E-state index is 13.0. The highest BCUT2D eigenvalue weighted by atomic mass is 35.5. The minimum absolute atomic E-state index is 0.0108. The van der Waals surface area contributed by atoms with E-state index in [2.05, 4.69) is 4.98 Å². The Bertz CT molecular complexity index is 1240. The summed E-state index contributed by atoms with van der Waals surface area (Å²) in [6.45, 7) is -0.175. The molecule has 0 bridgehead atoms. The van der Waals surface area contributed by atoms with Gasteiger partial charge in [-0.3, -0.25) is 24.0 Å². The van der Waals surface area contributed by atoms with Gasteiger partial charge in [-0.25, -0.2) is 4.79 Å². The van der Waals surface area contributed by atoms with Gasteiger partial charge in [0.2, 0.25) is 0 Å². The van der Waals surface area contributed by atoms with Crippen molar-refractivity contribution in [2.75, 3.05) is 37.5 Å². The van der Waals surface area contributed by atoms with Crippen LogP contribution in [-0.4, -0.2) is 42.3 Å². The normalized spacial score (nSPS) is 10.8. The molecular weight excluding hydrogens is 471 g/mol. The number of carbonyl (C=O) groups is 1. The van der Waals surface area contributed by atoms with Gasteiger partial charge in [0.05, 0.1) is 23.2 Å².